The molecule has 2 heterocycles. The fourth-order valence-corrected chi connectivity index (χ4v) is 5.46. The standard InChI is InChI=1S/C18H20N4O2S2/c1-11-21-17(16-14-7-4-8-15(14)25-18(16)22-11)20-10-12-5-3-6-13(9-12)26(23,24)19-2/h3,5-6,9,19H,4,7-8,10H2,1-2H3,(H,20,21,22). The van der Waals surface area contributed by atoms with E-state index in [0.29, 0.717) is 6.54 Å². The first-order valence-electron chi connectivity index (χ1n) is 8.53. The van der Waals surface area contributed by atoms with Crippen molar-refractivity contribution in [1.29, 1.82) is 0 Å². The second kappa shape index (κ2) is 6.61. The summed E-state index contributed by atoms with van der Waals surface area (Å²) in [6, 6.07) is 6.94. The molecule has 0 saturated carbocycles. The number of aryl methyl sites for hydroxylation is 3. The summed E-state index contributed by atoms with van der Waals surface area (Å²) in [4.78, 5) is 11.9. The number of nitrogens with one attached hydrogen (secondary N) is 2. The molecule has 8 heteroatoms. The van der Waals surface area contributed by atoms with Crippen molar-refractivity contribution >= 4 is 37.4 Å². The summed E-state index contributed by atoms with van der Waals surface area (Å²) in [6.45, 7) is 2.40. The zero-order valence-electron chi connectivity index (χ0n) is 14.7. The fraction of sp³-hybridized carbons (Fsp3) is 0.333. The van der Waals surface area contributed by atoms with E-state index in [0.717, 1.165) is 40.3 Å². The van der Waals surface area contributed by atoms with E-state index >= 15 is 0 Å². The number of nitrogens with zero attached hydrogens (tertiary/aromatic N) is 2. The molecule has 1 aliphatic carbocycles. The zero-order valence-corrected chi connectivity index (χ0v) is 16.3. The van der Waals surface area contributed by atoms with Gasteiger partial charge in [-0.05, 0) is 56.5 Å². The zero-order chi connectivity index (χ0) is 18.3. The predicted molar refractivity (Wildman–Crippen MR) is 104 cm³/mol. The first kappa shape index (κ1) is 17.4. The van der Waals surface area contributed by atoms with Crippen LogP contribution in [0.15, 0.2) is 29.2 Å². The molecule has 136 valence electrons. The minimum Gasteiger partial charge on any atom is -0.365 e. The molecule has 6 nitrogen and oxygen atoms in total. The summed E-state index contributed by atoms with van der Waals surface area (Å²) in [7, 11) is -2.03. The monoisotopic (exact) mass is 388 g/mol. The number of hydrogen-bond acceptors (Lipinski definition) is 6. The van der Waals surface area contributed by atoms with Crippen molar-refractivity contribution in [2.24, 2.45) is 0 Å². The van der Waals surface area contributed by atoms with Crippen LogP contribution in [-0.4, -0.2) is 25.4 Å². The number of fused-ring (bicyclic) bond motifs is 3. The number of thiophene rings is 1. The van der Waals surface area contributed by atoms with Crippen LogP contribution in [0.1, 0.15) is 28.2 Å². The van der Waals surface area contributed by atoms with Crippen molar-refractivity contribution in [3.63, 3.8) is 0 Å². The first-order chi connectivity index (χ1) is 12.5. The molecule has 0 bridgehead atoms. The summed E-state index contributed by atoms with van der Waals surface area (Å²) in [6.07, 6.45) is 3.39. The van der Waals surface area contributed by atoms with Crippen molar-refractivity contribution < 1.29 is 8.42 Å². The van der Waals surface area contributed by atoms with Crippen molar-refractivity contribution in [3.05, 3.63) is 46.1 Å². The maximum Gasteiger partial charge on any atom is 0.240 e. The minimum absolute atomic E-state index is 0.264. The Hall–Kier alpha value is -2.03. The molecule has 1 aromatic carbocycles. The third kappa shape index (κ3) is 3.08. The van der Waals surface area contributed by atoms with Crippen LogP contribution in [-0.2, 0) is 29.4 Å². The van der Waals surface area contributed by atoms with E-state index < -0.39 is 10.0 Å². The summed E-state index contributed by atoms with van der Waals surface area (Å²) in [5, 5.41) is 4.53. The van der Waals surface area contributed by atoms with Crippen LogP contribution in [0.2, 0.25) is 0 Å². The summed E-state index contributed by atoms with van der Waals surface area (Å²) >= 11 is 1.77. The highest BCUT2D eigenvalue weighted by Crippen LogP contribution is 2.39. The van der Waals surface area contributed by atoms with Gasteiger partial charge in [0.1, 0.15) is 16.5 Å². The quantitative estimate of drug-likeness (QED) is 0.702. The Morgan fingerprint density at radius 2 is 2.08 bits per heavy atom. The molecule has 0 unspecified atom stereocenters. The third-order valence-corrected chi connectivity index (χ3v) is 7.21. The van der Waals surface area contributed by atoms with E-state index in [2.05, 4.69) is 20.0 Å². The molecule has 2 N–H and O–H groups in total. The Labute approximate surface area is 156 Å². The predicted octanol–water partition coefficient (Wildman–Crippen LogP) is 3.01. The Balaban J connectivity index is 1.66. The average Bonchev–Trinajstić information content (AvgIpc) is 3.20. The number of hydrogen-bond donors (Lipinski definition) is 2. The van der Waals surface area contributed by atoms with E-state index in [-0.39, 0.29) is 4.90 Å². The van der Waals surface area contributed by atoms with Crippen molar-refractivity contribution in [2.75, 3.05) is 12.4 Å². The molecule has 0 spiro atoms. The molecule has 0 amide bonds. The van der Waals surface area contributed by atoms with E-state index in [1.807, 2.05) is 13.0 Å². The largest absolute Gasteiger partial charge is 0.365 e. The normalized spacial score (nSPS) is 13.9. The van der Waals surface area contributed by atoms with Crippen LogP contribution in [0, 0.1) is 6.92 Å². The highest BCUT2D eigenvalue weighted by Gasteiger charge is 2.21. The van der Waals surface area contributed by atoms with Gasteiger partial charge in [-0.15, -0.1) is 11.3 Å². The van der Waals surface area contributed by atoms with Crippen molar-refractivity contribution in [1.82, 2.24) is 14.7 Å². The Kier molecular flexibility index (Phi) is 4.42. The van der Waals surface area contributed by atoms with Gasteiger partial charge in [-0.1, -0.05) is 12.1 Å². The Morgan fingerprint density at radius 3 is 2.88 bits per heavy atom. The fourth-order valence-electron chi connectivity index (χ4n) is 3.36. The van der Waals surface area contributed by atoms with Gasteiger partial charge in [0.15, 0.2) is 0 Å². The molecule has 0 radical (unpaired) electrons. The van der Waals surface area contributed by atoms with E-state index in [1.165, 1.54) is 23.9 Å². The molecule has 26 heavy (non-hydrogen) atoms. The number of rotatable bonds is 5. The van der Waals surface area contributed by atoms with E-state index in [9.17, 15) is 8.42 Å². The van der Waals surface area contributed by atoms with Crippen LogP contribution in [0.25, 0.3) is 10.2 Å². The lowest BCUT2D eigenvalue weighted by Crippen LogP contribution is -2.18. The van der Waals surface area contributed by atoms with Gasteiger partial charge in [-0.2, -0.15) is 0 Å². The highest BCUT2D eigenvalue weighted by atomic mass is 32.2. The lowest BCUT2D eigenvalue weighted by molar-refractivity contribution is 0.588. The van der Waals surface area contributed by atoms with Gasteiger partial charge in [-0.25, -0.2) is 23.1 Å². The minimum atomic E-state index is -3.45. The SMILES string of the molecule is CNS(=O)(=O)c1cccc(CNc2nc(C)nc3sc4c(c23)CCC4)c1. The lowest BCUT2D eigenvalue weighted by Gasteiger charge is -2.10. The highest BCUT2D eigenvalue weighted by molar-refractivity contribution is 7.89. The molecule has 0 atom stereocenters. The van der Waals surface area contributed by atoms with Gasteiger partial charge in [0.2, 0.25) is 10.0 Å². The molecule has 3 aromatic rings. The van der Waals surface area contributed by atoms with Crippen molar-refractivity contribution in [2.45, 2.75) is 37.6 Å². The van der Waals surface area contributed by atoms with Gasteiger partial charge in [0.05, 0.1) is 10.3 Å². The van der Waals surface area contributed by atoms with Crippen molar-refractivity contribution in [3.8, 4) is 0 Å². The molecule has 4 rings (SSSR count). The van der Waals surface area contributed by atoms with E-state index in [1.54, 1.807) is 29.5 Å². The van der Waals surface area contributed by atoms with Crippen LogP contribution in [0.3, 0.4) is 0 Å². The van der Waals surface area contributed by atoms with Gasteiger partial charge < -0.3 is 5.32 Å². The number of aromatic nitrogens is 2. The Morgan fingerprint density at radius 1 is 1.23 bits per heavy atom. The molecule has 0 fully saturated rings. The molecule has 2 aromatic heterocycles. The Bertz CT molecular complexity index is 1090. The average molecular weight is 389 g/mol. The molecule has 0 aliphatic heterocycles. The van der Waals surface area contributed by atoms with Crippen LogP contribution in [0.5, 0.6) is 0 Å². The number of sulfonamides is 1. The number of benzene rings is 1. The second-order valence-corrected chi connectivity index (χ2v) is 9.34. The first-order valence-corrected chi connectivity index (χ1v) is 10.8. The van der Waals surface area contributed by atoms with Gasteiger partial charge in [0, 0.05) is 11.4 Å². The van der Waals surface area contributed by atoms with Crippen LogP contribution >= 0.6 is 11.3 Å². The smallest absolute Gasteiger partial charge is 0.240 e. The second-order valence-electron chi connectivity index (χ2n) is 6.37. The summed E-state index contributed by atoms with van der Waals surface area (Å²) < 4.78 is 26.3. The maximum atomic E-state index is 12.0. The van der Waals surface area contributed by atoms with Gasteiger partial charge >= 0.3 is 0 Å². The summed E-state index contributed by atoms with van der Waals surface area (Å²) in [5.74, 6) is 1.58. The number of anilines is 1. The lowest BCUT2D eigenvalue weighted by atomic mass is 10.2. The van der Waals surface area contributed by atoms with Crippen LogP contribution < -0.4 is 10.0 Å². The topological polar surface area (TPSA) is 84.0 Å². The molecule has 0 saturated heterocycles. The van der Waals surface area contributed by atoms with Gasteiger partial charge in [0.25, 0.3) is 0 Å². The third-order valence-electron chi connectivity index (χ3n) is 4.61. The molecule has 1 aliphatic rings. The summed E-state index contributed by atoms with van der Waals surface area (Å²) in [5.41, 5.74) is 2.26. The maximum absolute atomic E-state index is 12.0. The van der Waals surface area contributed by atoms with Crippen LogP contribution in [0.4, 0.5) is 5.82 Å². The molecular formula is C18H20N4O2S2. The van der Waals surface area contributed by atoms with E-state index in [4.69, 9.17) is 0 Å². The van der Waals surface area contributed by atoms with Gasteiger partial charge in [-0.3, -0.25) is 0 Å². The molecular weight excluding hydrogens is 368 g/mol.